The molecule has 4 heterocycles. The molecule has 4 aromatic rings. The molecule has 33 heavy (non-hydrogen) atoms. The van der Waals surface area contributed by atoms with Crippen LogP contribution >= 0.6 is 11.3 Å². The van der Waals surface area contributed by atoms with Gasteiger partial charge < -0.3 is 30.2 Å². The molecule has 172 valence electrons. The second-order valence-corrected chi connectivity index (χ2v) is 10.2. The van der Waals surface area contributed by atoms with Gasteiger partial charge in [-0.1, -0.05) is 0 Å². The van der Waals surface area contributed by atoms with Gasteiger partial charge >= 0.3 is 0 Å². The number of hydrogen-bond acceptors (Lipinski definition) is 7. The average Bonchev–Trinajstić information content (AvgIpc) is 3.53. The fourth-order valence-electron chi connectivity index (χ4n) is 5.06. The van der Waals surface area contributed by atoms with Crippen molar-refractivity contribution in [1.82, 2.24) is 19.9 Å². The van der Waals surface area contributed by atoms with Crippen LogP contribution in [0.25, 0.3) is 32.6 Å². The molecule has 9 heteroatoms. The van der Waals surface area contributed by atoms with Gasteiger partial charge in [0.2, 0.25) is 0 Å². The molecule has 1 aliphatic heterocycles. The molecular weight excluding hydrogens is 436 g/mol. The maximum atomic E-state index is 13.2. The molecule has 2 fully saturated rings. The van der Waals surface area contributed by atoms with Gasteiger partial charge in [0.05, 0.1) is 22.8 Å². The van der Waals surface area contributed by atoms with Crippen LogP contribution in [0, 0.1) is 0 Å². The Morgan fingerprint density at radius 3 is 2.79 bits per heavy atom. The number of aromatic amines is 2. The molecule has 0 spiro atoms. The topological polar surface area (TPSA) is 100 Å². The Morgan fingerprint density at radius 2 is 2.00 bits per heavy atom. The number of thiophene rings is 1. The lowest BCUT2D eigenvalue weighted by atomic mass is 10.1. The number of aromatic nitrogens is 3. The molecule has 8 nitrogen and oxygen atoms in total. The average molecular weight is 465 g/mol. The van der Waals surface area contributed by atoms with Crippen LogP contribution in [0.5, 0.6) is 0 Å². The summed E-state index contributed by atoms with van der Waals surface area (Å²) in [4.78, 5) is 30.0. The van der Waals surface area contributed by atoms with E-state index in [1.54, 1.807) is 0 Å². The summed E-state index contributed by atoms with van der Waals surface area (Å²) in [5.74, 6) is 0.566. The number of aliphatic hydroxyl groups is 1. The lowest BCUT2D eigenvalue weighted by molar-refractivity contribution is 0.182. The standard InChI is InChI=1S/C24H28N6O2S/c1-29-7-9-30(10-8-29)15-3-5-18-19(13-15)27-22(26-18)20-21(25-14-2-4-16(31)12-14)17-6-11-33-24(17)28-23(20)32/h3,5-6,11,13-14,16,31H,2,4,7-10,12H2,1H3,(H,26,27)(H2,25,28,32). The lowest BCUT2D eigenvalue weighted by Gasteiger charge is -2.34. The van der Waals surface area contributed by atoms with Gasteiger partial charge in [0.25, 0.3) is 5.56 Å². The molecule has 3 aromatic heterocycles. The van der Waals surface area contributed by atoms with Crippen LogP contribution in [0.2, 0.25) is 0 Å². The maximum Gasteiger partial charge on any atom is 0.262 e. The van der Waals surface area contributed by atoms with Crippen molar-refractivity contribution in [3.05, 3.63) is 40.0 Å². The molecule has 0 radical (unpaired) electrons. The molecule has 2 unspecified atom stereocenters. The summed E-state index contributed by atoms with van der Waals surface area (Å²) in [5.41, 5.74) is 4.10. The van der Waals surface area contributed by atoms with Crippen LogP contribution in [-0.2, 0) is 0 Å². The lowest BCUT2D eigenvalue weighted by Crippen LogP contribution is -2.44. The van der Waals surface area contributed by atoms with Crippen molar-refractivity contribution in [2.75, 3.05) is 43.4 Å². The van der Waals surface area contributed by atoms with Crippen LogP contribution in [0.3, 0.4) is 0 Å². The molecule has 1 aromatic carbocycles. The van der Waals surface area contributed by atoms with Crippen molar-refractivity contribution >= 4 is 44.0 Å². The van der Waals surface area contributed by atoms with E-state index in [2.05, 4.69) is 44.3 Å². The minimum Gasteiger partial charge on any atom is -0.393 e. The van der Waals surface area contributed by atoms with Crippen molar-refractivity contribution in [2.24, 2.45) is 0 Å². The van der Waals surface area contributed by atoms with Crippen molar-refractivity contribution < 1.29 is 5.11 Å². The minimum atomic E-state index is -0.287. The molecule has 0 bridgehead atoms. The van der Waals surface area contributed by atoms with Crippen LogP contribution in [0.15, 0.2) is 34.4 Å². The summed E-state index contributed by atoms with van der Waals surface area (Å²) in [7, 11) is 2.15. The Bertz CT molecular complexity index is 1370. The quantitative estimate of drug-likeness (QED) is 0.370. The number of rotatable bonds is 4. The summed E-state index contributed by atoms with van der Waals surface area (Å²) in [6, 6.07) is 8.44. The van der Waals surface area contributed by atoms with E-state index in [0.29, 0.717) is 17.8 Å². The zero-order valence-electron chi connectivity index (χ0n) is 18.6. The number of aliphatic hydroxyl groups excluding tert-OH is 1. The van der Waals surface area contributed by atoms with Gasteiger partial charge in [-0.3, -0.25) is 4.79 Å². The fourth-order valence-corrected chi connectivity index (χ4v) is 5.85. The molecule has 1 saturated carbocycles. The molecule has 2 aliphatic rings. The van der Waals surface area contributed by atoms with E-state index in [9.17, 15) is 9.90 Å². The minimum absolute atomic E-state index is 0.136. The Morgan fingerprint density at radius 1 is 1.15 bits per heavy atom. The number of anilines is 2. The molecule has 6 rings (SSSR count). The summed E-state index contributed by atoms with van der Waals surface area (Å²) < 4.78 is 0. The van der Waals surface area contributed by atoms with Gasteiger partial charge in [-0.25, -0.2) is 4.98 Å². The van der Waals surface area contributed by atoms with Crippen molar-refractivity contribution in [3.63, 3.8) is 0 Å². The number of nitrogens with zero attached hydrogens (tertiary/aromatic N) is 3. The van der Waals surface area contributed by atoms with Gasteiger partial charge in [-0.15, -0.1) is 11.3 Å². The van der Waals surface area contributed by atoms with Gasteiger partial charge in [-0.05, 0) is 56.0 Å². The van der Waals surface area contributed by atoms with Crippen LogP contribution < -0.4 is 15.8 Å². The molecule has 0 amide bonds. The first-order valence-corrected chi connectivity index (χ1v) is 12.4. The second kappa shape index (κ2) is 8.16. The smallest absolute Gasteiger partial charge is 0.262 e. The molecule has 1 saturated heterocycles. The normalized spacial score (nSPS) is 21.9. The third-order valence-corrected chi connectivity index (χ3v) is 7.79. The number of imidazole rings is 1. The number of hydrogen-bond donors (Lipinski definition) is 4. The van der Waals surface area contributed by atoms with E-state index < -0.39 is 0 Å². The summed E-state index contributed by atoms with van der Waals surface area (Å²) in [6.07, 6.45) is 2.06. The number of benzene rings is 1. The fraction of sp³-hybridized carbons (Fsp3) is 0.417. The van der Waals surface area contributed by atoms with Crippen molar-refractivity contribution in [3.8, 4) is 11.4 Å². The highest BCUT2D eigenvalue weighted by atomic mass is 32.1. The molecule has 1 aliphatic carbocycles. The van der Waals surface area contributed by atoms with E-state index >= 15 is 0 Å². The van der Waals surface area contributed by atoms with Crippen LogP contribution in [0.4, 0.5) is 11.4 Å². The first-order valence-electron chi connectivity index (χ1n) is 11.6. The summed E-state index contributed by atoms with van der Waals surface area (Å²) in [6.45, 7) is 4.10. The zero-order valence-corrected chi connectivity index (χ0v) is 19.4. The first-order chi connectivity index (χ1) is 16.0. The highest BCUT2D eigenvalue weighted by molar-refractivity contribution is 7.16. The Balaban J connectivity index is 1.42. The molecule has 4 N–H and O–H groups in total. The second-order valence-electron chi connectivity index (χ2n) is 9.25. The Hall–Kier alpha value is -2.88. The zero-order chi connectivity index (χ0) is 22.5. The Kier molecular flexibility index (Phi) is 5.12. The predicted octanol–water partition coefficient (Wildman–Crippen LogP) is 3.21. The largest absolute Gasteiger partial charge is 0.393 e. The van der Waals surface area contributed by atoms with Gasteiger partial charge in [0.1, 0.15) is 16.2 Å². The van der Waals surface area contributed by atoms with E-state index in [1.165, 1.54) is 17.0 Å². The number of H-pyrrole nitrogens is 2. The van der Waals surface area contributed by atoms with E-state index in [1.807, 2.05) is 17.5 Å². The SMILES string of the molecule is CN1CCN(c2ccc3nc(-c4c(NC5CCC(O)C5)c5ccsc5[nH]c4=O)[nH]c3c2)CC1. The van der Waals surface area contributed by atoms with Crippen molar-refractivity contribution in [2.45, 2.75) is 31.4 Å². The summed E-state index contributed by atoms with van der Waals surface area (Å²) in [5, 5.41) is 16.5. The highest BCUT2D eigenvalue weighted by Gasteiger charge is 2.26. The summed E-state index contributed by atoms with van der Waals surface area (Å²) >= 11 is 1.52. The third-order valence-electron chi connectivity index (χ3n) is 6.96. The van der Waals surface area contributed by atoms with Gasteiger partial charge in [0, 0.05) is 43.3 Å². The van der Waals surface area contributed by atoms with Gasteiger partial charge in [-0.2, -0.15) is 0 Å². The molecule has 2 atom stereocenters. The van der Waals surface area contributed by atoms with Crippen LogP contribution in [0.1, 0.15) is 19.3 Å². The number of piperazine rings is 1. The maximum absolute atomic E-state index is 13.2. The number of nitrogens with one attached hydrogen (secondary N) is 3. The molecular formula is C24H28N6O2S. The van der Waals surface area contributed by atoms with Crippen molar-refractivity contribution in [1.29, 1.82) is 0 Å². The number of pyridine rings is 1. The number of fused-ring (bicyclic) bond motifs is 2. The van der Waals surface area contributed by atoms with E-state index in [0.717, 1.165) is 66.0 Å². The number of likely N-dealkylation sites (N-methyl/N-ethyl adjacent to an activating group) is 1. The third kappa shape index (κ3) is 3.80. The first kappa shape index (κ1) is 20.7. The highest BCUT2D eigenvalue weighted by Crippen LogP contribution is 2.35. The Labute approximate surface area is 195 Å². The monoisotopic (exact) mass is 464 g/mol. The van der Waals surface area contributed by atoms with Gasteiger partial charge in [0.15, 0.2) is 0 Å². The predicted molar refractivity (Wildman–Crippen MR) is 135 cm³/mol. The van der Waals surface area contributed by atoms with E-state index in [4.69, 9.17) is 4.98 Å². The van der Waals surface area contributed by atoms with Crippen LogP contribution in [-0.4, -0.2) is 70.3 Å². The van der Waals surface area contributed by atoms with E-state index in [-0.39, 0.29) is 17.7 Å².